The van der Waals surface area contributed by atoms with Gasteiger partial charge in [0.05, 0.1) is 5.92 Å². The van der Waals surface area contributed by atoms with Crippen molar-refractivity contribution in [1.29, 1.82) is 0 Å². The highest BCUT2D eigenvalue weighted by atomic mass is 16.2. The molecular formula is C27H32N4O2. The lowest BCUT2D eigenvalue weighted by molar-refractivity contribution is -0.134. The van der Waals surface area contributed by atoms with E-state index in [2.05, 4.69) is 55.3 Å². The molecule has 0 saturated carbocycles. The van der Waals surface area contributed by atoms with Crippen molar-refractivity contribution in [2.45, 2.75) is 26.7 Å². The Morgan fingerprint density at radius 2 is 1.82 bits per heavy atom. The molecule has 0 radical (unpaired) electrons. The van der Waals surface area contributed by atoms with E-state index in [4.69, 9.17) is 0 Å². The van der Waals surface area contributed by atoms with Crippen LogP contribution in [0.3, 0.4) is 0 Å². The minimum absolute atomic E-state index is 0.112. The summed E-state index contributed by atoms with van der Waals surface area (Å²) in [6, 6.07) is 18.5. The second-order valence-electron chi connectivity index (χ2n) is 8.88. The second-order valence-corrected chi connectivity index (χ2v) is 8.88. The Morgan fingerprint density at radius 1 is 1.06 bits per heavy atom. The lowest BCUT2D eigenvalue weighted by Crippen LogP contribution is -2.38. The van der Waals surface area contributed by atoms with Crippen LogP contribution in [0.15, 0.2) is 60.8 Å². The Labute approximate surface area is 195 Å². The molecule has 0 N–H and O–H groups in total. The minimum Gasteiger partial charge on any atom is -0.341 e. The summed E-state index contributed by atoms with van der Waals surface area (Å²) in [5, 5.41) is 4.29. The van der Waals surface area contributed by atoms with Crippen LogP contribution in [0.4, 0.5) is 0 Å². The zero-order valence-electron chi connectivity index (χ0n) is 19.7. The fourth-order valence-corrected chi connectivity index (χ4v) is 4.54. The van der Waals surface area contributed by atoms with Crippen molar-refractivity contribution in [3.63, 3.8) is 0 Å². The van der Waals surface area contributed by atoms with Gasteiger partial charge in [-0.1, -0.05) is 61.0 Å². The smallest absolute Gasteiger partial charge is 0.274 e. The number of carbonyl (C=O) groups excluding carboxylic acids is 2. The van der Waals surface area contributed by atoms with Gasteiger partial charge in [0.15, 0.2) is 0 Å². The molecule has 2 aromatic carbocycles. The van der Waals surface area contributed by atoms with E-state index in [0.717, 1.165) is 23.1 Å². The molecule has 0 spiro atoms. The Morgan fingerprint density at radius 3 is 2.52 bits per heavy atom. The van der Waals surface area contributed by atoms with Gasteiger partial charge in [0.1, 0.15) is 5.69 Å². The van der Waals surface area contributed by atoms with Crippen LogP contribution < -0.4 is 0 Å². The average molecular weight is 445 g/mol. The molecule has 1 aliphatic heterocycles. The van der Waals surface area contributed by atoms with E-state index < -0.39 is 0 Å². The molecular weight excluding hydrogens is 412 g/mol. The van der Waals surface area contributed by atoms with Crippen molar-refractivity contribution in [3.05, 3.63) is 77.6 Å². The van der Waals surface area contributed by atoms with Crippen LogP contribution in [-0.2, 0) is 18.3 Å². The van der Waals surface area contributed by atoms with Crippen LogP contribution >= 0.6 is 0 Å². The lowest BCUT2D eigenvalue weighted by Gasteiger charge is -2.24. The highest BCUT2D eigenvalue weighted by molar-refractivity contribution is 5.93. The third-order valence-corrected chi connectivity index (χ3v) is 6.30. The molecule has 33 heavy (non-hydrogen) atoms. The van der Waals surface area contributed by atoms with Gasteiger partial charge in [0.25, 0.3) is 5.91 Å². The van der Waals surface area contributed by atoms with Gasteiger partial charge < -0.3 is 9.80 Å². The zero-order valence-corrected chi connectivity index (χ0v) is 19.7. The monoisotopic (exact) mass is 444 g/mol. The van der Waals surface area contributed by atoms with Gasteiger partial charge in [-0.15, -0.1) is 0 Å². The summed E-state index contributed by atoms with van der Waals surface area (Å²) in [6.45, 7) is 6.35. The van der Waals surface area contributed by atoms with Gasteiger partial charge in [-0.25, -0.2) is 0 Å². The number of rotatable bonds is 6. The average Bonchev–Trinajstić information content (AvgIpc) is 3.20. The van der Waals surface area contributed by atoms with E-state index in [1.54, 1.807) is 28.9 Å². The first kappa shape index (κ1) is 22.8. The molecule has 172 valence electrons. The third-order valence-electron chi connectivity index (χ3n) is 6.30. The van der Waals surface area contributed by atoms with Gasteiger partial charge in [-0.05, 0) is 42.5 Å². The predicted molar refractivity (Wildman–Crippen MR) is 130 cm³/mol. The molecule has 0 bridgehead atoms. The summed E-state index contributed by atoms with van der Waals surface area (Å²) >= 11 is 0. The van der Waals surface area contributed by atoms with E-state index in [1.807, 2.05) is 17.0 Å². The summed E-state index contributed by atoms with van der Waals surface area (Å²) in [5.74, 6) is -0.274. The van der Waals surface area contributed by atoms with Crippen LogP contribution in [0.5, 0.6) is 0 Å². The minimum atomic E-state index is -0.293. The molecule has 4 rings (SSSR count). The molecule has 1 atom stereocenters. The number of aryl methyl sites for hydroxylation is 2. The molecule has 6 nitrogen and oxygen atoms in total. The van der Waals surface area contributed by atoms with E-state index in [1.165, 1.54) is 5.56 Å². The number of hydrogen-bond donors (Lipinski definition) is 0. The topological polar surface area (TPSA) is 58.4 Å². The lowest BCUT2D eigenvalue weighted by atomic mass is 9.91. The maximum absolute atomic E-state index is 13.5. The number of aromatic nitrogens is 2. The Bertz CT molecular complexity index is 1120. The van der Waals surface area contributed by atoms with E-state index in [9.17, 15) is 9.59 Å². The number of carbonyl (C=O) groups is 2. The van der Waals surface area contributed by atoms with Crippen LogP contribution in [-0.4, -0.2) is 57.6 Å². The van der Waals surface area contributed by atoms with Crippen molar-refractivity contribution in [2.24, 2.45) is 13.0 Å². The van der Waals surface area contributed by atoms with Crippen LogP contribution in [0.1, 0.15) is 35.0 Å². The molecule has 0 unspecified atom stereocenters. The largest absolute Gasteiger partial charge is 0.341 e. The van der Waals surface area contributed by atoms with Gasteiger partial charge in [0, 0.05) is 39.4 Å². The third kappa shape index (κ3) is 5.16. The quantitative estimate of drug-likeness (QED) is 0.579. The van der Waals surface area contributed by atoms with Crippen LogP contribution in [0.2, 0.25) is 0 Å². The molecule has 1 aliphatic rings. The highest BCUT2D eigenvalue weighted by Crippen LogP contribution is 2.28. The molecule has 0 aliphatic carbocycles. The van der Waals surface area contributed by atoms with Crippen molar-refractivity contribution in [1.82, 2.24) is 19.6 Å². The first-order valence-electron chi connectivity index (χ1n) is 11.7. The van der Waals surface area contributed by atoms with Crippen LogP contribution in [0.25, 0.3) is 11.1 Å². The van der Waals surface area contributed by atoms with E-state index >= 15 is 0 Å². The first-order chi connectivity index (χ1) is 16.0. The summed E-state index contributed by atoms with van der Waals surface area (Å²) in [5.41, 5.74) is 5.05. The molecule has 1 saturated heterocycles. The van der Waals surface area contributed by atoms with Crippen molar-refractivity contribution >= 4 is 11.8 Å². The SMILES string of the molecule is CCCN1CCN(C(=O)c2ccn(C)n2)C[C@@H](Cc2ccccc2-c2ccc(C)cc2)C1=O. The maximum atomic E-state index is 13.5. The van der Waals surface area contributed by atoms with E-state index in [-0.39, 0.29) is 17.7 Å². The van der Waals surface area contributed by atoms with Gasteiger partial charge in [-0.3, -0.25) is 14.3 Å². The summed E-state index contributed by atoms with van der Waals surface area (Å²) in [6.07, 6.45) is 3.26. The Balaban J connectivity index is 1.63. The number of amides is 2. The van der Waals surface area contributed by atoms with Gasteiger partial charge in [-0.2, -0.15) is 5.10 Å². The number of benzene rings is 2. The summed E-state index contributed by atoms with van der Waals surface area (Å²) in [4.78, 5) is 30.4. The number of hydrogen-bond acceptors (Lipinski definition) is 3. The van der Waals surface area contributed by atoms with Crippen molar-refractivity contribution in [3.8, 4) is 11.1 Å². The second kappa shape index (κ2) is 10.0. The van der Waals surface area contributed by atoms with Crippen LogP contribution in [0, 0.1) is 12.8 Å². The fraction of sp³-hybridized carbons (Fsp3) is 0.370. The Kier molecular flexibility index (Phi) is 6.92. The molecule has 6 heteroatoms. The summed E-state index contributed by atoms with van der Waals surface area (Å²) < 4.78 is 1.63. The fourth-order valence-electron chi connectivity index (χ4n) is 4.54. The molecule has 2 heterocycles. The highest BCUT2D eigenvalue weighted by Gasteiger charge is 2.33. The summed E-state index contributed by atoms with van der Waals surface area (Å²) in [7, 11) is 1.80. The molecule has 2 amide bonds. The normalized spacial score (nSPS) is 16.7. The maximum Gasteiger partial charge on any atom is 0.274 e. The van der Waals surface area contributed by atoms with Crippen molar-refractivity contribution in [2.75, 3.05) is 26.2 Å². The predicted octanol–water partition coefficient (Wildman–Crippen LogP) is 3.95. The number of nitrogens with zero attached hydrogens (tertiary/aromatic N) is 4. The standard InChI is InChI=1S/C27H32N4O2/c1-4-14-30-16-17-31(27(33)25-13-15-29(3)28-25)19-23(26(30)32)18-22-7-5-6-8-24(22)21-11-9-20(2)10-12-21/h5-13,15,23H,4,14,16-19H2,1-3H3/t23-/m1/s1. The molecule has 3 aromatic rings. The molecule has 1 aromatic heterocycles. The van der Waals surface area contributed by atoms with E-state index in [0.29, 0.717) is 38.3 Å². The van der Waals surface area contributed by atoms with Gasteiger partial charge >= 0.3 is 0 Å². The van der Waals surface area contributed by atoms with Crippen molar-refractivity contribution < 1.29 is 9.59 Å². The van der Waals surface area contributed by atoms with Gasteiger partial charge in [0.2, 0.25) is 5.91 Å². The molecule has 1 fully saturated rings. The Hall–Kier alpha value is -3.41. The first-order valence-corrected chi connectivity index (χ1v) is 11.7. The zero-order chi connectivity index (χ0) is 23.4.